The average molecular weight is 412 g/mol. The summed E-state index contributed by atoms with van der Waals surface area (Å²) < 4.78 is 1.22. The van der Waals surface area contributed by atoms with E-state index in [-0.39, 0.29) is 5.91 Å². The molecule has 1 aliphatic rings. The molecule has 0 bridgehead atoms. The predicted molar refractivity (Wildman–Crippen MR) is 119 cm³/mol. The number of fused-ring (bicyclic) bond motifs is 1. The van der Waals surface area contributed by atoms with Crippen LogP contribution in [-0.4, -0.2) is 52.6 Å². The van der Waals surface area contributed by atoms with Crippen molar-refractivity contribution in [2.24, 2.45) is 0 Å². The van der Waals surface area contributed by atoms with Crippen molar-refractivity contribution in [3.8, 4) is 0 Å². The van der Waals surface area contributed by atoms with Crippen LogP contribution in [-0.2, 0) is 17.1 Å². The first kappa shape index (κ1) is 19.4. The maximum absolute atomic E-state index is 12.5. The van der Waals surface area contributed by atoms with E-state index in [1.54, 1.807) is 23.1 Å². The van der Waals surface area contributed by atoms with Gasteiger partial charge in [0.1, 0.15) is 5.01 Å². The molecule has 1 aliphatic heterocycles. The van der Waals surface area contributed by atoms with Crippen LogP contribution in [0.5, 0.6) is 0 Å². The van der Waals surface area contributed by atoms with Crippen LogP contribution in [0.2, 0.25) is 0 Å². The molecule has 2 aromatic carbocycles. The van der Waals surface area contributed by atoms with E-state index in [2.05, 4.69) is 47.1 Å². The van der Waals surface area contributed by atoms with Crippen LogP contribution in [0.15, 0.2) is 48.5 Å². The van der Waals surface area contributed by atoms with Gasteiger partial charge in [-0.1, -0.05) is 42.0 Å². The summed E-state index contributed by atoms with van der Waals surface area (Å²) in [6.45, 7) is 6.64. The van der Waals surface area contributed by atoms with E-state index in [1.165, 1.54) is 15.8 Å². The number of thioether (sulfide) groups is 1. The average Bonchev–Trinajstić information content (AvgIpc) is 3.11. The quantitative estimate of drug-likeness (QED) is 0.610. The Morgan fingerprint density at radius 2 is 1.93 bits per heavy atom. The summed E-state index contributed by atoms with van der Waals surface area (Å²) in [4.78, 5) is 21.6. The maximum Gasteiger partial charge on any atom is 0.232 e. The van der Waals surface area contributed by atoms with Crippen LogP contribution in [0.1, 0.15) is 16.1 Å². The molecule has 1 amide bonds. The summed E-state index contributed by atoms with van der Waals surface area (Å²) in [6, 6.07) is 16.9. The first-order valence-corrected chi connectivity index (χ1v) is 11.6. The van der Waals surface area contributed by atoms with Crippen LogP contribution >= 0.6 is 23.1 Å². The predicted octanol–water partition coefficient (Wildman–Crippen LogP) is 4.18. The number of hydrogen-bond acceptors (Lipinski definition) is 5. The number of carbonyl (C=O) groups excluding carboxylic acids is 1. The Morgan fingerprint density at radius 1 is 1.11 bits per heavy atom. The fourth-order valence-corrected chi connectivity index (χ4v) is 5.47. The largest absolute Gasteiger partial charge is 0.339 e. The number of nitrogens with zero attached hydrogens (tertiary/aromatic N) is 3. The minimum Gasteiger partial charge on any atom is -0.339 e. The lowest BCUT2D eigenvalue weighted by Gasteiger charge is -2.34. The summed E-state index contributed by atoms with van der Waals surface area (Å²) in [5.74, 6) is 1.59. The highest BCUT2D eigenvalue weighted by molar-refractivity contribution is 7.99. The van der Waals surface area contributed by atoms with Gasteiger partial charge in [0, 0.05) is 38.5 Å². The van der Waals surface area contributed by atoms with E-state index in [9.17, 15) is 4.79 Å². The Bertz CT molecular complexity index is 915. The zero-order valence-corrected chi connectivity index (χ0v) is 17.8. The molecule has 4 nitrogen and oxygen atoms in total. The summed E-state index contributed by atoms with van der Waals surface area (Å²) in [5, 5.41) is 1.10. The Hall–Kier alpha value is -1.89. The van der Waals surface area contributed by atoms with E-state index in [0.717, 1.165) is 49.0 Å². The van der Waals surface area contributed by atoms with Gasteiger partial charge in [-0.3, -0.25) is 9.69 Å². The topological polar surface area (TPSA) is 36.4 Å². The van der Waals surface area contributed by atoms with Crippen LogP contribution in [0.25, 0.3) is 10.2 Å². The number of para-hydroxylation sites is 1. The van der Waals surface area contributed by atoms with Crippen molar-refractivity contribution in [3.05, 3.63) is 64.7 Å². The molecule has 0 unspecified atom stereocenters. The molecule has 0 radical (unpaired) electrons. The number of amides is 1. The molecule has 2 heterocycles. The SMILES string of the molecule is Cc1cccc(CN2CCN(C(=O)CSCc3nc4ccccc4s3)CC2)c1. The molecular weight excluding hydrogens is 386 g/mol. The molecule has 1 saturated heterocycles. The third-order valence-electron chi connectivity index (χ3n) is 5.00. The summed E-state index contributed by atoms with van der Waals surface area (Å²) >= 11 is 3.39. The molecule has 1 fully saturated rings. The van der Waals surface area contributed by atoms with Gasteiger partial charge < -0.3 is 4.90 Å². The monoisotopic (exact) mass is 411 g/mol. The number of aromatic nitrogens is 1. The molecule has 28 heavy (non-hydrogen) atoms. The van der Waals surface area contributed by atoms with E-state index >= 15 is 0 Å². The van der Waals surface area contributed by atoms with Crippen molar-refractivity contribution < 1.29 is 4.79 Å². The van der Waals surface area contributed by atoms with Crippen molar-refractivity contribution in [1.29, 1.82) is 0 Å². The number of piperazine rings is 1. The molecule has 0 atom stereocenters. The lowest BCUT2D eigenvalue weighted by Crippen LogP contribution is -2.48. The second-order valence-electron chi connectivity index (χ2n) is 7.21. The molecule has 0 spiro atoms. The van der Waals surface area contributed by atoms with E-state index in [0.29, 0.717) is 5.75 Å². The molecule has 6 heteroatoms. The van der Waals surface area contributed by atoms with E-state index < -0.39 is 0 Å². The summed E-state index contributed by atoms with van der Waals surface area (Å²) in [7, 11) is 0. The van der Waals surface area contributed by atoms with Crippen LogP contribution in [0.4, 0.5) is 0 Å². The van der Waals surface area contributed by atoms with Crippen molar-refractivity contribution in [2.45, 2.75) is 19.2 Å². The van der Waals surface area contributed by atoms with Crippen LogP contribution in [0, 0.1) is 6.92 Å². The van der Waals surface area contributed by atoms with Gasteiger partial charge in [-0.25, -0.2) is 4.98 Å². The lowest BCUT2D eigenvalue weighted by molar-refractivity contribution is -0.130. The van der Waals surface area contributed by atoms with E-state index in [1.807, 2.05) is 23.1 Å². The van der Waals surface area contributed by atoms with E-state index in [4.69, 9.17) is 0 Å². The molecule has 0 saturated carbocycles. The standard InChI is InChI=1S/C22H25N3OS2/c1-17-5-4-6-18(13-17)14-24-9-11-25(12-10-24)22(26)16-27-15-21-23-19-7-2-3-8-20(19)28-21/h2-8,13H,9-12,14-16H2,1H3. The highest BCUT2D eigenvalue weighted by atomic mass is 32.2. The molecule has 3 aromatic rings. The molecule has 0 N–H and O–H groups in total. The number of benzene rings is 2. The maximum atomic E-state index is 12.5. The van der Waals surface area contributed by atoms with Gasteiger partial charge in [-0.2, -0.15) is 0 Å². The van der Waals surface area contributed by atoms with Crippen LogP contribution in [0.3, 0.4) is 0 Å². The number of hydrogen-bond donors (Lipinski definition) is 0. The fraction of sp³-hybridized carbons (Fsp3) is 0.364. The molecular formula is C22H25N3OS2. The molecule has 0 aliphatic carbocycles. The molecule has 4 rings (SSSR count). The third kappa shape index (κ3) is 4.93. The van der Waals surface area contributed by atoms with Crippen molar-refractivity contribution >= 4 is 39.2 Å². The van der Waals surface area contributed by atoms with Gasteiger partial charge in [0.25, 0.3) is 0 Å². The smallest absolute Gasteiger partial charge is 0.232 e. The minimum absolute atomic E-state index is 0.251. The van der Waals surface area contributed by atoms with Crippen molar-refractivity contribution in [2.75, 3.05) is 31.9 Å². The first-order valence-electron chi connectivity index (χ1n) is 9.65. The van der Waals surface area contributed by atoms with Gasteiger partial charge in [0.2, 0.25) is 5.91 Å². The van der Waals surface area contributed by atoms with Crippen molar-refractivity contribution in [3.63, 3.8) is 0 Å². The fourth-order valence-electron chi connectivity index (χ4n) is 3.52. The zero-order valence-electron chi connectivity index (χ0n) is 16.1. The van der Waals surface area contributed by atoms with Gasteiger partial charge in [-0.15, -0.1) is 23.1 Å². The Morgan fingerprint density at radius 3 is 2.71 bits per heavy atom. The lowest BCUT2D eigenvalue weighted by atomic mass is 10.1. The molecule has 1 aromatic heterocycles. The third-order valence-corrected chi connectivity index (χ3v) is 7.15. The van der Waals surface area contributed by atoms with Crippen molar-refractivity contribution in [1.82, 2.24) is 14.8 Å². The Labute approximate surface area is 174 Å². The van der Waals surface area contributed by atoms with Gasteiger partial charge in [0.15, 0.2) is 0 Å². The summed E-state index contributed by atoms with van der Waals surface area (Å²) in [5.41, 5.74) is 3.71. The Balaban J connectivity index is 1.20. The minimum atomic E-state index is 0.251. The van der Waals surface area contributed by atoms with Gasteiger partial charge >= 0.3 is 0 Å². The number of aryl methyl sites for hydroxylation is 1. The second kappa shape index (κ2) is 9.07. The number of carbonyl (C=O) groups is 1. The number of thiazole rings is 1. The zero-order chi connectivity index (χ0) is 19.3. The van der Waals surface area contributed by atoms with Gasteiger partial charge in [-0.05, 0) is 24.6 Å². The Kier molecular flexibility index (Phi) is 6.29. The second-order valence-corrected chi connectivity index (χ2v) is 9.31. The number of rotatable bonds is 6. The highest BCUT2D eigenvalue weighted by Gasteiger charge is 2.21. The first-order chi connectivity index (χ1) is 13.7. The highest BCUT2D eigenvalue weighted by Crippen LogP contribution is 2.25. The summed E-state index contributed by atoms with van der Waals surface area (Å²) in [6.07, 6.45) is 0. The van der Waals surface area contributed by atoms with Crippen LogP contribution < -0.4 is 0 Å². The normalized spacial score (nSPS) is 15.2. The van der Waals surface area contributed by atoms with Gasteiger partial charge in [0.05, 0.1) is 16.0 Å². The molecule has 146 valence electrons.